The van der Waals surface area contributed by atoms with Crippen molar-refractivity contribution < 1.29 is 4.90 Å². The maximum atomic E-state index is 3.64. The molecule has 0 aliphatic carbocycles. The van der Waals surface area contributed by atoms with Gasteiger partial charge in [0.05, 0.1) is 12.2 Å². The highest BCUT2D eigenvalue weighted by Crippen LogP contribution is 2.23. The lowest BCUT2D eigenvalue weighted by Crippen LogP contribution is -3.10. The molecule has 0 fully saturated rings. The lowest BCUT2D eigenvalue weighted by atomic mass is 10.0. The van der Waals surface area contributed by atoms with Crippen LogP contribution < -0.4 is 4.90 Å². The van der Waals surface area contributed by atoms with Gasteiger partial charge in [-0.15, -0.1) is 0 Å². The molecule has 1 aromatic heterocycles. The molecule has 1 aliphatic heterocycles. The number of hydrogen-bond acceptors (Lipinski definition) is 0. The van der Waals surface area contributed by atoms with Crippen LogP contribution in [-0.4, -0.2) is 11.5 Å². The molecule has 2 N–H and O–H groups in total. The van der Waals surface area contributed by atoms with Gasteiger partial charge >= 0.3 is 0 Å². The summed E-state index contributed by atoms with van der Waals surface area (Å²) in [4.78, 5) is 5.30. The van der Waals surface area contributed by atoms with Crippen molar-refractivity contribution in [1.82, 2.24) is 4.98 Å². The molecule has 0 bridgehead atoms. The van der Waals surface area contributed by atoms with Gasteiger partial charge in [0.1, 0.15) is 13.1 Å². The molecule has 112 valence electrons. The number of fused-ring (bicyclic) bond motifs is 3. The fourth-order valence-electron chi connectivity index (χ4n) is 3.74. The molecule has 0 saturated carbocycles. The molecule has 1 unspecified atom stereocenters. The summed E-state index contributed by atoms with van der Waals surface area (Å²) in [5, 5.41) is 1.42. The number of quaternary nitrogens is 1. The van der Waals surface area contributed by atoms with Crippen molar-refractivity contribution in [2.75, 3.05) is 6.54 Å². The van der Waals surface area contributed by atoms with Gasteiger partial charge in [-0.25, -0.2) is 0 Å². The minimum Gasteiger partial charge on any atom is -0.354 e. The molecule has 2 heterocycles. The quantitative estimate of drug-likeness (QED) is 0.724. The van der Waals surface area contributed by atoms with Gasteiger partial charge in [0.15, 0.2) is 0 Å². The third kappa shape index (κ3) is 2.34. The van der Waals surface area contributed by atoms with Crippen molar-refractivity contribution in [3.05, 3.63) is 70.4 Å². The van der Waals surface area contributed by atoms with E-state index in [1.165, 1.54) is 46.3 Å². The number of H-pyrrole nitrogens is 1. The fraction of sp³-hybridized carbons (Fsp3) is 0.300. The van der Waals surface area contributed by atoms with Crippen LogP contribution in [0.2, 0.25) is 0 Å². The summed E-state index contributed by atoms with van der Waals surface area (Å²) in [6.45, 7) is 7.87. The molecule has 2 nitrogen and oxygen atoms in total. The zero-order valence-electron chi connectivity index (χ0n) is 13.4. The van der Waals surface area contributed by atoms with Crippen molar-refractivity contribution in [3.8, 4) is 0 Å². The number of para-hydroxylation sites is 1. The Morgan fingerprint density at radius 3 is 2.86 bits per heavy atom. The fourth-order valence-corrected chi connectivity index (χ4v) is 3.74. The molecule has 2 heteroatoms. The second kappa shape index (κ2) is 5.29. The number of aryl methyl sites for hydroxylation is 2. The lowest BCUT2D eigenvalue weighted by molar-refractivity contribution is -0.929. The van der Waals surface area contributed by atoms with Crippen molar-refractivity contribution >= 4 is 10.9 Å². The molecule has 3 aromatic rings. The topological polar surface area (TPSA) is 20.2 Å². The summed E-state index contributed by atoms with van der Waals surface area (Å²) in [6.07, 6.45) is 1.18. The van der Waals surface area contributed by atoms with E-state index in [4.69, 9.17) is 0 Å². The molecular weight excluding hydrogens is 268 g/mol. The third-order valence-electron chi connectivity index (χ3n) is 5.00. The Kier molecular flexibility index (Phi) is 3.27. The molecule has 0 radical (unpaired) electrons. The number of rotatable bonds is 2. The maximum absolute atomic E-state index is 3.64. The summed E-state index contributed by atoms with van der Waals surface area (Å²) in [5.74, 6) is 0. The Morgan fingerprint density at radius 2 is 1.95 bits per heavy atom. The molecule has 22 heavy (non-hydrogen) atoms. The minimum atomic E-state index is 1.11. The Balaban J connectivity index is 1.60. The van der Waals surface area contributed by atoms with E-state index in [-0.39, 0.29) is 0 Å². The van der Waals surface area contributed by atoms with Gasteiger partial charge in [0, 0.05) is 22.9 Å². The summed E-state index contributed by atoms with van der Waals surface area (Å²) in [5.41, 5.74) is 8.55. The highest BCUT2D eigenvalue weighted by molar-refractivity contribution is 5.84. The first kappa shape index (κ1) is 13.6. The Morgan fingerprint density at radius 1 is 1.09 bits per heavy atom. The van der Waals surface area contributed by atoms with E-state index in [0.717, 1.165) is 13.1 Å². The largest absolute Gasteiger partial charge is 0.354 e. The van der Waals surface area contributed by atoms with E-state index in [2.05, 4.69) is 61.3 Å². The van der Waals surface area contributed by atoms with E-state index in [9.17, 15) is 0 Å². The molecule has 1 aliphatic rings. The normalized spacial score (nSPS) is 17.6. The summed E-state index contributed by atoms with van der Waals surface area (Å²) in [6, 6.07) is 15.5. The van der Waals surface area contributed by atoms with Crippen molar-refractivity contribution in [3.63, 3.8) is 0 Å². The second-order valence-corrected chi connectivity index (χ2v) is 6.66. The predicted molar refractivity (Wildman–Crippen MR) is 91.2 cm³/mol. The molecule has 2 aromatic carbocycles. The second-order valence-electron chi connectivity index (χ2n) is 6.66. The first-order valence-electron chi connectivity index (χ1n) is 8.19. The van der Waals surface area contributed by atoms with Crippen molar-refractivity contribution in [2.24, 2.45) is 0 Å². The first-order valence-corrected chi connectivity index (χ1v) is 8.19. The Hall–Kier alpha value is -2.06. The van der Waals surface area contributed by atoms with Gasteiger partial charge in [-0.05, 0) is 31.0 Å². The summed E-state index contributed by atoms with van der Waals surface area (Å²) < 4.78 is 0. The van der Waals surface area contributed by atoms with Crippen LogP contribution in [-0.2, 0) is 19.5 Å². The van der Waals surface area contributed by atoms with Gasteiger partial charge in [0.25, 0.3) is 0 Å². The van der Waals surface area contributed by atoms with E-state index in [0.29, 0.717) is 0 Å². The van der Waals surface area contributed by atoms with E-state index < -0.39 is 0 Å². The van der Waals surface area contributed by atoms with Crippen LogP contribution in [0.5, 0.6) is 0 Å². The molecule has 4 rings (SSSR count). The smallest absolute Gasteiger partial charge is 0.118 e. The Bertz CT molecular complexity index is 829. The number of hydrogen-bond donors (Lipinski definition) is 2. The molecule has 0 spiro atoms. The monoisotopic (exact) mass is 291 g/mol. The van der Waals surface area contributed by atoms with Crippen LogP contribution in [0.3, 0.4) is 0 Å². The highest BCUT2D eigenvalue weighted by atomic mass is 15.1. The molecule has 0 saturated heterocycles. The molecule has 0 amide bonds. The van der Waals surface area contributed by atoms with Gasteiger partial charge in [-0.3, -0.25) is 0 Å². The zero-order valence-corrected chi connectivity index (χ0v) is 13.4. The number of nitrogens with one attached hydrogen (secondary N) is 2. The van der Waals surface area contributed by atoms with Gasteiger partial charge in [-0.2, -0.15) is 0 Å². The van der Waals surface area contributed by atoms with E-state index in [1.807, 2.05) is 0 Å². The SMILES string of the molecule is Cc1ccc(C)c(C[NH+]2CCc3c([nH]c4ccccc34)C2)c1. The Labute approximate surface area is 131 Å². The average molecular weight is 291 g/mol. The number of benzene rings is 2. The van der Waals surface area contributed by atoms with Gasteiger partial charge < -0.3 is 9.88 Å². The summed E-state index contributed by atoms with van der Waals surface area (Å²) >= 11 is 0. The highest BCUT2D eigenvalue weighted by Gasteiger charge is 2.23. The van der Waals surface area contributed by atoms with E-state index in [1.54, 1.807) is 10.5 Å². The van der Waals surface area contributed by atoms with Crippen LogP contribution in [0.25, 0.3) is 10.9 Å². The zero-order chi connectivity index (χ0) is 15.1. The van der Waals surface area contributed by atoms with Gasteiger partial charge in [0.2, 0.25) is 0 Å². The van der Waals surface area contributed by atoms with Crippen LogP contribution >= 0.6 is 0 Å². The predicted octanol–water partition coefficient (Wildman–Crippen LogP) is 2.93. The lowest BCUT2D eigenvalue weighted by Gasteiger charge is -2.25. The minimum absolute atomic E-state index is 1.11. The number of aromatic amines is 1. The third-order valence-corrected chi connectivity index (χ3v) is 5.00. The van der Waals surface area contributed by atoms with Crippen molar-refractivity contribution in [2.45, 2.75) is 33.4 Å². The molecular formula is C20H23N2+. The first-order chi connectivity index (χ1) is 10.7. The van der Waals surface area contributed by atoms with Crippen LogP contribution in [0, 0.1) is 13.8 Å². The van der Waals surface area contributed by atoms with Crippen LogP contribution in [0.15, 0.2) is 42.5 Å². The van der Waals surface area contributed by atoms with Gasteiger partial charge in [-0.1, -0.05) is 42.0 Å². The summed E-state index contributed by atoms with van der Waals surface area (Å²) in [7, 11) is 0. The molecule has 1 atom stereocenters. The van der Waals surface area contributed by atoms with Crippen molar-refractivity contribution in [1.29, 1.82) is 0 Å². The standard InChI is InChI=1S/C20H22N2/c1-14-7-8-15(2)16(11-14)12-22-10-9-18-17-5-3-4-6-19(17)21-20(18)13-22/h3-8,11,21H,9-10,12-13H2,1-2H3/p+1. The van der Waals surface area contributed by atoms with Crippen LogP contribution in [0.4, 0.5) is 0 Å². The van der Waals surface area contributed by atoms with E-state index >= 15 is 0 Å². The maximum Gasteiger partial charge on any atom is 0.118 e. The number of aromatic nitrogens is 1. The average Bonchev–Trinajstić information content (AvgIpc) is 2.88. The van der Waals surface area contributed by atoms with Crippen LogP contribution in [0.1, 0.15) is 27.9 Å².